The lowest BCUT2D eigenvalue weighted by atomic mass is 10.2. The Kier molecular flexibility index (Phi) is 6.83. The molecule has 1 atom stereocenters. The van der Waals surface area contributed by atoms with Gasteiger partial charge in [0.2, 0.25) is 0 Å². The molecule has 34 heavy (non-hydrogen) atoms. The highest BCUT2D eigenvalue weighted by molar-refractivity contribution is 6.31. The lowest BCUT2D eigenvalue weighted by Gasteiger charge is -2.19. The van der Waals surface area contributed by atoms with E-state index in [2.05, 4.69) is 10.4 Å². The van der Waals surface area contributed by atoms with Crippen molar-refractivity contribution >= 4 is 35.2 Å². The first-order chi connectivity index (χ1) is 16.3. The summed E-state index contributed by atoms with van der Waals surface area (Å²) in [6.07, 6.45) is 1.57. The third-order valence-corrected chi connectivity index (χ3v) is 5.34. The average molecular weight is 486 g/mol. The van der Waals surface area contributed by atoms with Crippen LogP contribution < -0.4 is 14.8 Å². The number of hydrogen-bond acceptors (Lipinski definition) is 6. The fourth-order valence-electron chi connectivity index (χ4n) is 3.24. The van der Waals surface area contributed by atoms with Gasteiger partial charge >= 0.3 is 5.97 Å². The van der Waals surface area contributed by atoms with Gasteiger partial charge in [0.05, 0.1) is 11.4 Å². The highest BCUT2D eigenvalue weighted by Crippen LogP contribution is 2.32. The number of halogens is 2. The Morgan fingerprint density at radius 2 is 1.88 bits per heavy atom. The van der Waals surface area contributed by atoms with Gasteiger partial charge in [-0.05, 0) is 56.3 Å². The first-order valence-corrected chi connectivity index (χ1v) is 10.8. The summed E-state index contributed by atoms with van der Waals surface area (Å²) in [5.41, 5.74) is 2.11. The van der Waals surface area contributed by atoms with Crippen LogP contribution in [0.3, 0.4) is 0 Å². The van der Waals surface area contributed by atoms with E-state index in [1.165, 1.54) is 48.0 Å². The molecule has 1 amide bonds. The monoisotopic (exact) mass is 485 g/mol. The second kappa shape index (κ2) is 9.96. The zero-order valence-electron chi connectivity index (χ0n) is 18.4. The molecule has 1 aromatic heterocycles. The van der Waals surface area contributed by atoms with Crippen molar-refractivity contribution in [1.82, 2.24) is 9.78 Å². The van der Waals surface area contributed by atoms with Crippen LogP contribution in [-0.4, -0.2) is 41.0 Å². The van der Waals surface area contributed by atoms with Gasteiger partial charge in [0, 0.05) is 23.4 Å². The summed E-state index contributed by atoms with van der Waals surface area (Å²) in [6, 6.07) is 10.7. The van der Waals surface area contributed by atoms with E-state index < -0.39 is 18.0 Å². The molecule has 1 N–H and O–H groups in total. The first kappa shape index (κ1) is 23.3. The average Bonchev–Trinajstić information content (AvgIpc) is 3.11. The summed E-state index contributed by atoms with van der Waals surface area (Å²) in [7, 11) is 0. The minimum absolute atomic E-state index is 0.248. The fraction of sp³-hybridized carbons (Fsp3) is 0.208. The van der Waals surface area contributed by atoms with Crippen molar-refractivity contribution in [3.8, 4) is 17.2 Å². The van der Waals surface area contributed by atoms with Crippen LogP contribution in [0.5, 0.6) is 11.5 Å². The van der Waals surface area contributed by atoms with Crippen LogP contribution in [0.4, 0.5) is 10.1 Å². The summed E-state index contributed by atoms with van der Waals surface area (Å²) < 4.78 is 30.8. The number of rotatable bonds is 6. The zero-order valence-corrected chi connectivity index (χ0v) is 19.1. The largest absolute Gasteiger partial charge is 0.486 e. The number of aryl methyl sites for hydroxylation is 1. The van der Waals surface area contributed by atoms with Gasteiger partial charge in [-0.2, -0.15) is 5.10 Å². The summed E-state index contributed by atoms with van der Waals surface area (Å²) in [5, 5.41) is 7.26. The summed E-state index contributed by atoms with van der Waals surface area (Å²) >= 11 is 6.40. The smallest absolute Gasteiger partial charge is 0.331 e. The Morgan fingerprint density at radius 3 is 2.62 bits per heavy atom. The summed E-state index contributed by atoms with van der Waals surface area (Å²) in [6.45, 7) is 4.08. The van der Waals surface area contributed by atoms with Crippen LogP contribution in [0, 0.1) is 12.7 Å². The molecule has 1 aliphatic rings. The van der Waals surface area contributed by atoms with Crippen LogP contribution in [-0.2, 0) is 14.3 Å². The number of amides is 1. The number of aromatic nitrogens is 2. The second-order valence-electron chi connectivity index (χ2n) is 7.44. The topological polar surface area (TPSA) is 91.7 Å². The van der Waals surface area contributed by atoms with Crippen molar-refractivity contribution in [2.24, 2.45) is 0 Å². The number of nitrogens with zero attached hydrogens (tertiary/aromatic N) is 2. The number of anilines is 1. The predicted molar refractivity (Wildman–Crippen MR) is 124 cm³/mol. The standard InChI is InChI=1S/C24H21ClFN3O5/c1-14-19(23(25)29(28-14)18-6-3-16(26)4-7-18)8-10-22(30)34-15(2)24(31)27-17-5-9-20-21(13-17)33-12-11-32-20/h3-10,13,15H,11-12H2,1-2H3,(H,27,31)/b10-8+. The van der Waals surface area contributed by atoms with Crippen LogP contribution >= 0.6 is 11.6 Å². The van der Waals surface area contributed by atoms with Crippen molar-refractivity contribution in [2.75, 3.05) is 18.5 Å². The number of fused-ring (bicyclic) bond motifs is 1. The number of esters is 1. The number of benzene rings is 2. The number of ether oxygens (including phenoxy) is 3. The molecule has 0 aliphatic carbocycles. The molecule has 176 valence electrons. The molecule has 2 aromatic carbocycles. The Labute approximate surface area is 199 Å². The van der Waals surface area contributed by atoms with Gasteiger partial charge in [-0.1, -0.05) is 11.6 Å². The zero-order chi connectivity index (χ0) is 24.2. The molecule has 8 nitrogen and oxygen atoms in total. The predicted octanol–water partition coefficient (Wildman–Crippen LogP) is 4.33. The van der Waals surface area contributed by atoms with Gasteiger partial charge in [0.15, 0.2) is 17.6 Å². The Morgan fingerprint density at radius 1 is 1.18 bits per heavy atom. The van der Waals surface area contributed by atoms with E-state index in [1.54, 1.807) is 25.1 Å². The molecule has 1 aliphatic heterocycles. The Balaban J connectivity index is 1.38. The number of carbonyl (C=O) groups is 2. The van der Waals surface area contributed by atoms with E-state index >= 15 is 0 Å². The lowest BCUT2D eigenvalue weighted by molar-refractivity contribution is -0.148. The molecule has 3 aromatic rings. The second-order valence-corrected chi connectivity index (χ2v) is 7.80. The molecule has 4 rings (SSSR count). The normalized spacial score (nSPS) is 13.5. The van der Waals surface area contributed by atoms with E-state index in [-0.39, 0.29) is 11.0 Å². The van der Waals surface area contributed by atoms with Crippen LogP contribution in [0.15, 0.2) is 48.5 Å². The van der Waals surface area contributed by atoms with Gasteiger partial charge in [-0.3, -0.25) is 4.79 Å². The molecule has 1 unspecified atom stereocenters. The molecule has 0 saturated carbocycles. The SMILES string of the molecule is Cc1nn(-c2ccc(F)cc2)c(Cl)c1/C=C/C(=O)OC(C)C(=O)Nc1ccc2c(c1)OCCO2. The van der Waals surface area contributed by atoms with E-state index in [0.717, 1.165) is 0 Å². The van der Waals surface area contributed by atoms with Crippen molar-refractivity contribution in [2.45, 2.75) is 20.0 Å². The van der Waals surface area contributed by atoms with E-state index in [1.807, 2.05) is 0 Å². The maximum Gasteiger partial charge on any atom is 0.331 e. The summed E-state index contributed by atoms with van der Waals surface area (Å²) in [4.78, 5) is 24.7. The molecule has 0 radical (unpaired) electrons. The van der Waals surface area contributed by atoms with E-state index in [9.17, 15) is 14.0 Å². The molecular formula is C24H21ClFN3O5. The van der Waals surface area contributed by atoms with Gasteiger partial charge in [-0.15, -0.1) is 0 Å². The minimum Gasteiger partial charge on any atom is -0.486 e. The fourth-order valence-corrected chi connectivity index (χ4v) is 3.57. The molecule has 0 fully saturated rings. The Bertz CT molecular complexity index is 1260. The maximum atomic E-state index is 13.2. The highest BCUT2D eigenvalue weighted by atomic mass is 35.5. The highest BCUT2D eigenvalue weighted by Gasteiger charge is 2.19. The van der Waals surface area contributed by atoms with Crippen LogP contribution in [0.25, 0.3) is 11.8 Å². The molecule has 0 bridgehead atoms. The molecular weight excluding hydrogens is 465 g/mol. The molecule has 0 spiro atoms. The third kappa shape index (κ3) is 5.20. The maximum absolute atomic E-state index is 13.2. The van der Waals surface area contributed by atoms with Crippen molar-refractivity contribution in [3.63, 3.8) is 0 Å². The number of carbonyl (C=O) groups excluding carboxylic acids is 2. The third-order valence-electron chi connectivity index (χ3n) is 4.98. The van der Waals surface area contributed by atoms with Crippen LogP contribution in [0.2, 0.25) is 5.15 Å². The molecule has 0 saturated heterocycles. The van der Waals surface area contributed by atoms with Gasteiger partial charge in [0.1, 0.15) is 24.2 Å². The van der Waals surface area contributed by atoms with E-state index in [0.29, 0.717) is 47.3 Å². The lowest BCUT2D eigenvalue weighted by Crippen LogP contribution is -2.29. The number of hydrogen-bond donors (Lipinski definition) is 1. The Hall–Kier alpha value is -3.85. The number of nitrogens with one attached hydrogen (secondary N) is 1. The summed E-state index contributed by atoms with van der Waals surface area (Å²) in [5.74, 6) is -0.471. The molecule has 10 heteroatoms. The van der Waals surface area contributed by atoms with Crippen molar-refractivity contribution in [3.05, 3.63) is 70.8 Å². The molecule has 2 heterocycles. The quantitative estimate of drug-likeness (QED) is 0.413. The van der Waals surface area contributed by atoms with Gasteiger partial charge < -0.3 is 19.5 Å². The van der Waals surface area contributed by atoms with E-state index in [4.69, 9.17) is 25.8 Å². The first-order valence-electron chi connectivity index (χ1n) is 10.4. The van der Waals surface area contributed by atoms with Crippen LogP contribution in [0.1, 0.15) is 18.2 Å². The minimum atomic E-state index is -1.05. The van der Waals surface area contributed by atoms with Crippen molar-refractivity contribution < 1.29 is 28.2 Å². The van der Waals surface area contributed by atoms with Gasteiger partial charge in [0.25, 0.3) is 5.91 Å². The van der Waals surface area contributed by atoms with Crippen molar-refractivity contribution in [1.29, 1.82) is 0 Å². The van der Waals surface area contributed by atoms with Gasteiger partial charge in [-0.25, -0.2) is 13.9 Å².